The summed E-state index contributed by atoms with van der Waals surface area (Å²) >= 11 is 11.3. The van der Waals surface area contributed by atoms with E-state index in [2.05, 4.69) is 291 Å². The van der Waals surface area contributed by atoms with Crippen LogP contribution >= 0.6 is 70.6 Å². The first-order chi connectivity index (χ1) is 41.6. The van der Waals surface area contributed by atoms with Gasteiger partial charge >= 0.3 is 0 Å². The van der Waals surface area contributed by atoms with E-state index in [9.17, 15) is 0 Å². The Morgan fingerprint density at radius 3 is 0.429 bits per heavy atom. The summed E-state index contributed by atoms with van der Waals surface area (Å²) < 4.78 is 0. The number of benzene rings is 16. The van der Waals surface area contributed by atoms with Gasteiger partial charge in [-0.15, -0.1) is 0 Å². The predicted octanol–water partition coefficient (Wildman–Crippen LogP) is 25.0. The van der Waals surface area contributed by atoms with Crippen molar-refractivity contribution < 1.29 is 0 Å². The molecule has 84 heavy (non-hydrogen) atoms. The van der Waals surface area contributed by atoms with Gasteiger partial charge in [0.05, 0.1) is 0 Å². The molecule has 0 bridgehead atoms. The van der Waals surface area contributed by atoms with Gasteiger partial charge in [0.1, 0.15) is 0 Å². The molecule has 0 N–H and O–H groups in total. The quantitative estimate of drug-likeness (QED) is 0.111. The largest absolute Gasteiger partial charge is 0.0882 e. The standard InChI is InChI=1S/C78H48S6/c1-7-31-55-49(19-1)25-13-37-67(55)79-73-43-61-62(44-74(73)80-68-38-14-26-50-20-2-8-32-56(50)68)64-46-76(82-70-40-16-28-52-22-4-10-34-58(52)70)78(84-72-42-18-30-54-24-6-12-36-60(54)72)48-66(64)65-47-77(83-71-41-17-29-53-23-5-11-35-59(53)71)75(45-63(61)65)81-69-39-15-27-51-21-3-9-33-57(51)69/h1-48H. The average Bonchev–Trinajstić information content (AvgIpc) is 3.32. The molecule has 16 aromatic carbocycles. The zero-order valence-corrected chi connectivity index (χ0v) is 50.1. The van der Waals surface area contributed by atoms with Crippen molar-refractivity contribution in [2.24, 2.45) is 0 Å². The maximum atomic E-state index is 2.54. The number of fused-ring (bicyclic) bond motifs is 12. The molecule has 0 aliphatic carbocycles. The van der Waals surface area contributed by atoms with E-state index in [1.54, 1.807) is 0 Å². The molecular formula is C78H48S6. The molecule has 6 heteroatoms. The van der Waals surface area contributed by atoms with Gasteiger partial charge in [-0.1, -0.05) is 289 Å². The Bertz CT molecular complexity index is 4390. The molecule has 0 heterocycles. The predicted molar refractivity (Wildman–Crippen MR) is 367 cm³/mol. The topological polar surface area (TPSA) is 0 Å². The highest BCUT2D eigenvalue weighted by Gasteiger charge is 2.23. The molecule has 0 radical (unpaired) electrons. The van der Waals surface area contributed by atoms with Crippen molar-refractivity contribution >= 4 is 168 Å². The van der Waals surface area contributed by atoms with Gasteiger partial charge in [0.15, 0.2) is 0 Å². The van der Waals surface area contributed by atoms with Crippen molar-refractivity contribution in [3.63, 3.8) is 0 Å². The summed E-state index contributed by atoms with van der Waals surface area (Å²) in [6.07, 6.45) is 0. The molecule has 0 aromatic heterocycles. The Labute approximate surface area is 513 Å². The molecule has 0 amide bonds. The molecule has 0 saturated carbocycles. The molecular weight excluding hydrogens is 1130 g/mol. The van der Waals surface area contributed by atoms with E-state index in [4.69, 9.17) is 0 Å². The molecule has 0 aliphatic rings. The van der Waals surface area contributed by atoms with Gasteiger partial charge in [-0.25, -0.2) is 0 Å². The summed E-state index contributed by atoms with van der Waals surface area (Å²) in [4.78, 5) is 14.8. The Morgan fingerprint density at radius 2 is 0.262 bits per heavy atom. The molecule has 16 rings (SSSR count). The van der Waals surface area contributed by atoms with Gasteiger partial charge in [0.2, 0.25) is 0 Å². The van der Waals surface area contributed by atoms with E-state index in [0.29, 0.717) is 0 Å². The summed E-state index contributed by atoms with van der Waals surface area (Å²) in [6, 6.07) is 109. The van der Waals surface area contributed by atoms with Crippen LogP contribution < -0.4 is 0 Å². The van der Waals surface area contributed by atoms with Crippen molar-refractivity contribution in [2.75, 3.05) is 0 Å². The van der Waals surface area contributed by atoms with Gasteiger partial charge in [0.25, 0.3) is 0 Å². The Kier molecular flexibility index (Phi) is 13.6. The lowest BCUT2D eigenvalue weighted by molar-refractivity contribution is 1.25. The van der Waals surface area contributed by atoms with E-state index in [0.717, 1.165) is 0 Å². The van der Waals surface area contributed by atoms with Crippen LogP contribution in [0.5, 0.6) is 0 Å². The normalized spacial score (nSPS) is 11.9. The van der Waals surface area contributed by atoms with E-state index in [1.165, 1.54) is 156 Å². The summed E-state index contributed by atoms with van der Waals surface area (Å²) in [6.45, 7) is 0. The lowest BCUT2D eigenvalue weighted by Crippen LogP contribution is -1.92. The van der Waals surface area contributed by atoms with Crippen LogP contribution in [0.25, 0.3) is 97.0 Å². The van der Waals surface area contributed by atoms with Crippen LogP contribution in [0, 0.1) is 0 Å². The summed E-state index contributed by atoms with van der Waals surface area (Å²) in [5.74, 6) is 0. The number of rotatable bonds is 12. The van der Waals surface area contributed by atoms with Crippen LogP contribution in [-0.2, 0) is 0 Å². The SMILES string of the molecule is c1ccc2c(Sc3cc4c5cc(Sc6cccc7ccccc67)c(Sc6cccc7ccccc67)cc5c5cc(Sc6cccc7ccccc67)c(Sc6cccc7ccccc67)cc5c4cc3Sc3cccc4ccccc34)cccc2c1. The van der Waals surface area contributed by atoms with Crippen molar-refractivity contribution in [2.45, 2.75) is 58.7 Å². The van der Waals surface area contributed by atoms with Gasteiger partial charge in [-0.05, 0) is 170 Å². The molecule has 0 atom stereocenters. The van der Waals surface area contributed by atoms with Crippen LogP contribution in [0.1, 0.15) is 0 Å². The third-order valence-corrected chi connectivity index (χ3v) is 23.1. The fourth-order valence-corrected chi connectivity index (χ4v) is 18.8. The molecule has 0 unspecified atom stereocenters. The molecule has 0 fully saturated rings. The van der Waals surface area contributed by atoms with Gasteiger partial charge in [-0.3, -0.25) is 0 Å². The zero-order chi connectivity index (χ0) is 55.5. The monoisotopic (exact) mass is 1180 g/mol. The maximum absolute atomic E-state index is 2.54. The first-order valence-corrected chi connectivity index (χ1v) is 33.0. The van der Waals surface area contributed by atoms with Crippen LogP contribution in [-0.4, -0.2) is 0 Å². The third kappa shape index (κ3) is 9.65. The third-order valence-electron chi connectivity index (χ3n) is 15.9. The van der Waals surface area contributed by atoms with E-state index in [-0.39, 0.29) is 0 Å². The molecule has 0 aliphatic heterocycles. The second-order valence-corrected chi connectivity index (χ2v) is 27.5. The van der Waals surface area contributed by atoms with Gasteiger partial charge in [-0.2, -0.15) is 0 Å². The van der Waals surface area contributed by atoms with Crippen molar-refractivity contribution in [3.8, 4) is 0 Å². The summed E-state index contributed by atoms with van der Waals surface area (Å²) in [7, 11) is 0. The van der Waals surface area contributed by atoms with Crippen LogP contribution in [0.4, 0.5) is 0 Å². The molecule has 0 spiro atoms. The average molecular weight is 1180 g/mol. The van der Waals surface area contributed by atoms with Crippen molar-refractivity contribution in [1.82, 2.24) is 0 Å². The summed E-state index contributed by atoms with van der Waals surface area (Å²) in [5.41, 5.74) is 0. The Hall–Kier alpha value is -8.04. The van der Waals surface area contributed by atoms with Crippen LogP contribution in [0.15, 0.2) is 350 Å². The maximum Gasteiger partial charge on any atom is 0.0268 e. The second kappa shape index (κ2) is 22.2. The van der Waals surface area contributed by atoms with Gasteiger partial charge in [0, 0.05) is 58.7 Å². The van der Waals surface area contributed by atoms with E-state index >= 15 is 0 Å². The number of hydrogen-bond donors (Lipinski definition) is 0. The number of hydrogen-bond acceptors (Lipinski definition) is 6. The first-order valence-electron chi connectivity index (χ1n) is 28.1. The molecule has 396 valence electrons. The molecule has 0 nitrogen and oxygen atoms in total. The molecule has 16 aromatic rings. The minimum absolute atomic E-state index is 1.23. The minimum Gasteiger partial charge on any atom is -0.0882 e. The van der Waals surface area contributed by atoms with Crippen LogP contribution in [0.3, 0.4) is 0 Å². The van der Waals surface area contributed by atoms with Crippen LogP contribution in [0.2, 0.25) is 0 Å². The first kappa shape index (κ1) is 51.6. The second-order valence-electron chi connectivity index (χ2n) is 21.0. The van der Waals surface area contributed by atoms with Gasteiger partial charge < -0.3 is 0 Å². The smallest absolute Gasteiger partial charge is 0.0268 e. The summed E-state index contributed by atoms with van der Waals surface area (Å²) in [5, 5.41) is 22.4. The highest BCUT2D eigenvalue weighted by Crippen LogP contribution is 2.53. The Balaban J connectivity index is 1.02. The molecule has 0 saturated heterocycles. The van der Waals surface area contributed by atoms with Crippen molar-refractivity contribution in [3.05, 3.63) is 291 Å². The van der Waals surface area contributed by atoms with Crippen molar-refractivity contribution in [1.29, 1.82) is 0 Å². The fourth-order valence-electron chi connectivity index (χ4n) is 11.9. The van der Waals surface area contributed by atoms with E-state index < -0.39 is 0 Å². The minimum atomic E-state index is 1.23. The highest BCUT2D eigenvalue weighted by atomic mass is 32.2. The Morgan fingerprint density at radius 1 is 0.119 bits per heavy atom. The zero-order valence-electron chi connectivity index (χ0n) is 45.2. The fraction of sp³-hybridized carbons (Fsp3) is 0. The highest BCUT2D eigenvalue weighted by molar-refractivity contribution is 8.03. The lowest BCUT2D eigenvalue weighted by Gasteiger charge is -2.20. The lowest BCUT2D eigenvalue weighted by atomic mass is 9.94. The van der Waals surface area contributed by atoms with E-state index in [1.807, 2.05) is 70.6 Å².